The van der Waals surface area contributed by atoms with Gasteiger partial charge in [-0.05, 0) is 19.0 Å². The molecule has 0 fully saturated rings. The summed E-state index contributed by atoms with van der Waals surface area (Å²) in [6.45, 7) is 4.52. The van der Waals surface area contributed by atoms with Gasteiger partial charge in [-0.15, -0.1) is 0 Å². The molecule has 0 rings (SSSR count). The van der Waals surface area contributed by atoms with Gasteiger partial charge in [0.1, 0.15) is 0 Å². The number of hydrogen-bond acceptors (Lipinski definition) is 0. The van der Waals surface area contributed by atoms with Crippen LogP contribution in [0.1, 0.15) is 84.5 Å². The van der Waals surface area contributed by atoms with Crippen molar-refractivity contribution >= 4 is 8.58 Å². The maximum atomic E-state index is 2.34. The molecule has 1 heteroatoms. The second kappa shape index (κ2) is 16.2. The summed E-state index contributed by atoms with van der Waals surface area (Å²) in [5.41, 5.74) is 0. The zero-order valence-corrected chi connectivity index (χ0v) is 13.0. The van der Waals surface area contributed by atoms with E-state index in [1.165, 1.54) is 85.4 Å². The van der Waals surface area contributed by atoms with Crippen LogP contribution < -0.4 is 0 Å². The first kappa shape index (κ1) is 17.2. The number of unbranched alkanes of at least 4 members (excludes halogenated alkanes) is 9. The lowest BCUT2D eigenvalue weighted by Crippen LogP contribution is -1.82. The van der Waals surface area contributed by atoms with Gasteiger partial charge in [-0.1, -0.05) is 92.1 Å². The third-order valence-electron chi connectivity index (χ3n) is 3.06. The summed E-state index contributed by atoms with van der Waals surface area (Å²) < 4.78 is 0. The van der Waals surface area contributed by atoms with Gasteiger partial charge in [-0.25, -0.2) is 0 Å². The van der Waals surface area contributed by atoms with Crippen molar-refractivity contribution in [3.05, 3.63) is 11.9 Å². The minimum Gasteiger partial charge on any atom is -0.0837 e. The van der Waals surface area contributed by atoms with E-state index in [1.54, 1.807) is 0 Å². The molecule has 0 aliphatic heterocycles. The first-order chi connectivity index (χ1) is 8.41. The van der Waals surface area contributed by atoms with Crippen molar-refractivity contribution in [1.29, 1.82) is 0 Å². The summed E-state index contributed by atoms with van der Waals surface area (Å²) >= 11 is 0. The van der Waals surface area contributed by atoms with E-state index in [1.807, 2.05) is 0 Å². The van der Waals surface area contributed by atoms with Crippen molar-refractivity contribution in [2.45, 2.75) is 84.5 Å². The van der Waals surface area contributed by atoms with E-state index >= 15 is 0 Å². The Kier molecular flexibility index (Phi) is 16.3. The van der Waals surface area contributed by atoms with Gasteiger partial charge >= 0.3 is 0 Å². The molecule has 0 aromatic rings. The highest BCUT2D eigenvalue weighted by molar-refractivity contribution is 7.41. The highest BCUT2D eigenvalue weighted by Crippen LogP contribution is 2.17. The predicted octanol–water partition coefficient (Wildman–Crippen LogP) is 6.78. The Hall–Kier alpha value is 0.170. The topological polar surface area (TPSA) is 0 Å². The van der Waals surface area contributed by atoms with Crippen molar-refractivity contribution in [1.82, 2.24) is 0 Å². The van der Waals surface area contributed by atoms with Crippen LogP contribution >= 0.6 is 8.58 Å². The Morgan fingerprint density at radius 2 is 1.29 bits per heavy atom. The van der Waals surface area contributed by atoms with Gasteiger partial charge < -0.3 is 0 Å². The van der Waals surface area contributed by atoms with Crippen LogP contribution in [0, 0.1) is 0 Å². The summed E-state index contributed by atoms with van der Waals surface area (Å²) in [5, 5.41) is 0. The maximum absolute atomic E-state index is 2.34. The lowest BCUT2D eigenvalue weighted by molar-refractivity contribution is 0.573. The minimum atomic E-state index is 1.25. The molecule has 0 heterocycles. The third-order valence-corrected chi connectivity index (χ3v) is 4.05. The van der Waals surface area contributed by atoms with Gasteiger partial charge in [0.2, 0.25) is 0 Å². The molecule has 0 saturated heterocycles. The van der Waals surface area contributed by atoms with E-state index in [4.69, 9.17) is 0 Å². The fourth-order valence-corrected chi connectivity index (χ4v) is 2.76. The fourth-order valence-electron chi connectivity index (χ4n) is 1.90. The Morgan fingerprint density at radius 1 is 0.706 bits per heavy atom. The van der Waals surface area contributed by atoms with Crippen molar-refractivity contribution in [3.8, 4) is 0 Å². The smallest absolute Gasteiger partial charge is 0.0250 e. The highest BCUT2D eigenvalue weighted by Gasteiger charge is 1.91. The zero-order chi connectivity index (χ0) is 12.6. The van der Waals surface area contributed by atoms with Crippen LogP contribution in [0.4, 0.5) is 0 Å². The molecular formula is C16H32P. The van der Waals surface area contributed by atoms with Gasteiger partial charge in [0, 0.05) is 0 Å². The molecule has 17 heavy (non-hydrogen) atoms. The van der Waals surface area contributed by atoms with Gasteiger partial charge in [-0.2, -0.15) is 0 Å². The second-order valence-corrected chi connectivity index (χ2v) is 6.02. The molecule has 0 bridgehead atoms. The summed E-state index contributed by atoms with van der Waals surface area (Å²) in [4.78, 5) is 0. The second-order valence-electron chi connectivity index (χ2n) is 4.91. The predicted molar refractivity (Wildman–Crippen MR) is 83.1 cm³/mol. The normalized spacial score (nSPS) is 12.1. The molecule has 0 spiro atoms. The van der Waals surface area contributed by atoms with Crippen molar-refractivity contribution in [3.63, 3.8) is 0 Å². The molecule has 0 aliphatic carbocycles. The molecule has 0 aromatic heterocycles. The molecule has 0 aliphatic rings. The number of allylic oxidation sites excluding steroid dienone is 1. The van der Waals surface area contributed by atoms with Crippen LogP contribution in [0.15, 0.2) is 11.9 Å². The molecule has 101 valence electrons. The standard InChI is InChI=1S/C16H32P/c1-3-5-7-8-9-10-11-12-14-16-17-15-13-6-4-2/h13,15H,3-12,14,16H2,1-2H3. The van der Waals surface area contributed by atoms with Gasteiger partial charge in [-0.3, -0.25) is 0 Å². The monoisotopic (exact) mass is 255 g/mol. The van der Waals surface area contributed by atoms with E-state index in [9.17, 15) is 0 Å². The average molecular weight is 255 g/mol. The highest BCUT2D eigenvalue weighted by atomic mass is 31.1. The van der Waals surface area contributed by atoms with Crippen LogP contribution in [-0.4, -0.2) is 6.16 Å². The molecule has 1 radical (unpaired) electrons. The zero-order valence-electron chi connectivity index (χ0n) is 12.1. The van der Waals surface area contributed by atoms with Crippen molar-refractivity contribution in [2.24, 2.45) is 0 Å². The largest absolute Gasteiger partial charge is 0.0837 e. The molecule has 0 atom stereocenters. The number of hydrogen-bond donors (Lipinski definition) is 0. The molecule has 0 N–H and O–H groups in total. The van der Waals surface area contributed by atoms with E-state index < -0.39 is 0 Å². The summed E-state index contributed by atoms with van der Waals surface area (Å²) in [7, 11) is 1.53. The quantitative estimate of drug-likeness (QED) is 0.251. The van der Waals surface area contributed by atoms with Gasteiger partial charge in [0.15, 0.2) is 0 Å². The van der Waals surface area contributed by atoms with Crippen LogP contribution in [0.2, 0.25) is 0 Å². The summed E-state index contributed by atoms with van der Waals surface area (Å²) in [5.74, 6) is 2.34. The molecule has 0 aromatic carbocycles. The third kappa shape index (κ3) is 16.2. The van der Waals surface area contributed by atoms with Crippen LogP contribution in [0.5, 0.6) is 0 Å². The van der Waals surface area contributed by atoms with E-state index in [0.717, 1.165) is 0 Å². The van der Waals surface area contributed by atoms with Crippen LogP contribution in [-0.2, 0) is 0 Å². The summed E-state index contributed by atoms with van der Waals surface area (Å²) in [6.07, 6.45) is 19.2. The maximum Gasteiger partial charge on any atom is -0.0250 e. The molecular weight excluding hydrogens is 223 g/mol. The minimum absolute atomic E-state index is 1.25. The lowest BCUT2D eigenvalue weighted by Gasteiger charge is -2.01. The first-order valence-electron chi connectivity index (χ1n) is 7.73. The Morgan fingerprint density at radius 3 is 1.88 bits per heavy atom. The Balaban J connectivity index is 2.94. The van der Waals surface area contributed by atoms with Gasteiger partial charge in [0.05, 0.1) is 0 Å². The molecule has 0 saturated carbocycles. The SMILES string of the molecule is CCCC=C[P]CCCCCCCCCCC. The summed E-state index contributed by atoms with van der Waals surface area (Å²) in [6, 6.07) is 0. The van der Waals surface area contributed by atoms with E-state index in [-0.39, 0.29) is 0 Å². The van der Waals surface area contributed by atoms with E-state index in [0.29, 0.717) is 0 Å². The van der Waals surface area contributed by atoms with Crippen LogP contribution in [0.25, 0.3) is 0 Å². The molecule has 0 amide bonds. The lowest BCUT2D eigenvalue weighted by atomic mass is 10.1. The van der Waals surface area contributed by atoms with Gasteiger partial charge in [0.25, 0.3) is 0 Å². The average Bonchev–Trinajstić information content (AvgIpc) is 2.35. The van der Waals surface area contributed by atoms with Crippen molar-refractivity contribution in [2.75, 3.05) is 6.16 Å². The molecule has 0 nitrogen and oxygen atoms in total. The van der Waals surface area contributed by atoms with Crippen molar-refractivity contribution < 1.29 is 0 Å². The number of rotatable bonds is 13. The van der Waals surface area contributed by atoms with Crippen LogP contribution in [0.3, 0.4) is 0 Å². The first-order valence-corrected chi connectivity index (χ1v) is 8.88. The Bertz CT molecular complexity index is 152. The Labute approximate surface area is 111 Å². The molecule has 0 unspecified atom stereocenters. The fraction of sp³-hybridized carbons (Fsp3) is 0.875. The van der Waals surface area contributed by atoms with E-state index in [2.05, 4.69) is 25.7 Å².